The number of hydrogen-bond acceptors (Lipinski definition) is 2. The Bertz CT molecular complexity index is 58.0. The van der Waals surface area contributed by atoms with E-state index in [4.69, 9.17) is 5.11 Å². The number of rotatable bonds is 2. The molecule has 8 heavy (non-hydrogen) atoms. The summed E-state index contributed by atoms with van der Waals surface area (Å²) in [4.78, 5) is 9.60. The normalized spacial score (nSPS) is 6.88. The fourth-order valence-corrected chi connectivity index (χ4v) is 0.214. The topological polar surface area (TPSA) is 37.3 Å². The van der Waals surface area contributed by atoms with Gasteiger partial charge in [0.05, 0.1) is 0 Å². The van der Waals surface area contributed by atoms with Crippen molar-refractivity contribution >= 4 is 28.5 Å². The van der Waals surface area contributed by atoms with E-state index in [9.17, 15) is 4.79 Å². The van der Waals surface area contributed by atoms with Crippen LogP contribution >= 0.6 is 22.5 Å². The summed E-state index contributed by atoms with van der Waals surface area (Å²) in [5.41, 5.74) is 0. The molecule has 0 radical (unpaired) electrons. The van der Waals surface area contributed by atoms with Crippen LogP contribution in [0.5, 0.6) is 0 Å². The lowest BCUT2D eigenvalue weighted by atomic mass is 10.4. The molecular weight excluding hydrogens is 148 g/mol. The fraction of sp³-hybridized carbons (Fsp3) is 0.750. The third-order valence-corrected chi connectivity index (χ3v) is 0.464. The van der Waals surface area contributed by atoms with Crippen LogP contribution in [0, 0.1) is 0 Å². The first-order valence-electron chi connectivity index (χ1n) is 2.16. The SMILES string of the molecule is CCCC(=O)O.SCl. The highest BCUT2D eigenvalue weighted by atomic mass is 35.7. The number of halogens is 1. The molecule has 0 spiro atoms. The summed E-state index contributed by atoms with van der Waals surface area (Å²) in [6, 6.07) is 0. The molecule has 0 aliphatic rings. The summed E-state index contributed by atoms with van der Waals surface area (Å²) >= 11 is 3.00. The number of hydrogen-bond donors (Lipinski definition) is 2. The van der Waals surface area contributed by atoms with Crippen molar-refractivity contribution in [1.29, 1.82) is 0 Å². The lowest BCUT2D eigenvalue weighted by Gasteiger charge is -1.79. The Hall–Kier alpha value is 0.110. The van der Waals surface area contributed by atoms with Gasteiger partial charge in [-0.2, -0.15) is 0 Å². The lowest BCUT2D eigenvalue weighted by Crippen LogP contribution is -1.90. The molecule has 0 saturated carbocycles. The van der Waals surface area contributed by atoms with Crippen molar-refractivity contribution in [3.8, 4) is 0 Å². The van der Waals surface area contributed by atoms with Gasteiger partial charge in [-0.05, 0) is 17.1 Å². The number of carboxylic acids is 1. The van der Waals surface area contributed by atoms with Gasteiger partial charge >= 0.3 is 5.97 Å². The van der Waals surface area contributed by atoms with Gasteiger partial charge in [-0.15, -0.1) is 0 Å². The molecule has 0 amide bonds. The molecule has 0 unspecified atom stereocenters. The third kappa shape index (κ3) is 16.5. The van der Waals surface area contributed by atoms with E-state index in [-0.39, 0.29) is 0 Å². The molecule has 0 aromatic carbocycles. The number of carboxylic acid groups (broad SMARTS) is 1. The van der Waals surface area contributed by atoms with E-state index in [0.717, 1.165) is 6.42 Å². The van der Waals surface area contributed by atoms with E-state index in [1.54, 1.807) is 0 Å². The second-order valence-electron chi connectivity index (χ2n) is 1.14. The van der Waals surface area contributed by atoms with Crippen LogP contribution in [0.1, 0.15) is 19.8 Å². The fourth-order valence-electron chi connectivity index (χ4n) is 0.214. The Balaban J connectivity index is 0. The average Bonchev–Trinajstić information content (AvgIpc) is 1.72. The molecule has 0 rings (SSSR count). The number of thiol groups is 1. The first-order valence-corrected chi connectivity index (χ1v) is 3.51. The van der Waals surface area contributed by atoms with E-state index in [1.165, 1.54) is 0 Å². The minimum Gasteiger partial charge on any atom is -0.481 e. The smallest absolute Gasteiger partial charge is 0.303 e. The van der Waals surface area contributed by atoms with Gasteiger partial charge in [0.15, 0.2) is 0 Å². The molecule has 0 fully saturated rings. The van der Waals surface area contributed by atoms with Crippen molar-refractivity contribution in [3.63, 3.8) is 0 Å². The van der Waals surface area contributed by atoms with Gasteiger partial charge in [0, 0.05) is 6.42 Å². The van der Waals surface area contributed by atoms with E-state index < -0.39 is 5.97 Å². The predicted molar refractivity (Wildman–Crippen MR) is 37.4 cm³/mol. The summed E-state index contributed by atoms with van der Waals surface area (Å²) in [6.07, 6.45) is 1.02. The largest absolute Gasteiger partial charge is 0.481 e. The van der Waals surface area contributed by atoms with Crippen LogP contribution in [-0.4, -0.2) is 11.1 Å². The van der Waals surface area contributed by atoms with Crippen molar-refractivity contribution in [2.45, 2.75) is 19.8 Å². The maximum Gasteiger partial charge on any atom is 0.303 e. The summed E-state index contributed by atoms with van der Waals surface area (Å²) in [6.45, 7) is 1.84. The Morgan fingerprint density at radius 1 is 1.75 bits per heavy atom. The maximum absolute atomic E-state index is 9.60. The Morgan fingerprint density at radius 2 is 2.12 bits per heavy atom. The van der Waals surface area contributed by atoms with Crippen molar-refractivity contribution in [2.75, 3.05) is 0 Å². The molecule has 1 N–H and O–H groups in total. The number of carbonyl (C=O) groups is 1. The highest BCUT2D eigenvalue weighted by Crippen LogP contribution is 1.82. The van der Waals surface area contributed by atoms with Crippen molar-refractivity contribution in [3.05, 3.63) is 0 Å². The quantitative estimate of drug-likeness (QED) is 0.600. The molecule has 50 valence electrons. The molecule has 0 saturated heterocycles. The molecule has 0 bridgehead atoms. The van der Waals surface area contributed by atoms with E-state index >= 15 is 0 Å². The second-order valence-corrected chi connectivity index (χ2v) is 1.14. The minimum absolute atomic E-state index is 0.292. The standard InChI is InChI=1S/C4H8O2.ClHS/c1-2-3-4(5)6;1-2/h2-3H2,1H3,(H,5,6);2H. The minimum atomic E-state index is -0.711. The summed E-state index contributed by atoms with van der Waals surface area (Å²) in [5.74, 6) is -0.711. The van der Waals surface area contributed by atoms with Gasteiger partial charge in [-0.25, -0.2) is 0 Å². The molecule has 2 nitrogen and oxygen atoms in total. The second kappa shape index (κ2) is 10.2. The summed E-state index contributed by atoms with van der Waals surface area (Å²) in [5, 5.41) is 7.91. The summed E-state index contributed by atoms with van der Waals surface area (Å²) < 4.78 is 0. The first kappa shape index (κ1) is 11.0. The van der Waals surface area contributed by atoms with E-state index in [0.29, 0.717) is 6.42 Å². The number of aliphatic carboxylic acids is 1. The Morgan fingerprint density at radius 3 is 2.12 bits per heavy atom. The van der Waals surface area contributed by atoms with E-state index in [2.05, 4.69) is 22.5 Å². The molecule has 0 aromatic heterocycles. The lowest BCUT2D eigenvalue weighted by molar-refractivity contribution is -0.137. The van der Waals surface area contributed by atoms with Crippen LogP contribution in [0.4, 0.5) is 0 Å². The van der Waals surface area contributed by atoms with Gasteiger partial charge in [-0.3, -0.25) is 4.79 Å². The van der Waals surface area contributed by atoms with Gasteiger partial charge in [0.1, 0.15) is 0 Å². The van der Waals surface area contributed by atoms with Crippen LogP contribution in [0.25, 0.3) is 0 Å². The molecule has 0 atom stereocenters. The van der Waals surface area contributed by atoms with Gasteiger partial charge in [-0.1, -0.05) is 18.8 Å². The average molecular weight is 157 g/mol. The van der Waals surface area contributed by atoms with Crippen molar-refractivity contribution in [2.24, 2.45) is 0 Å². The molecule has 0 aliphatic carbocycles. The maximum atomic E-state index is 9.60. The third-order valence-electron chi connectivity index (χ3n) is 0.464. The highest BCUT2D eigenvalue weighted by Gasteiger charge is 1.87. The molecule has 4 heteroatoms. The molecule has 0 aromatic rings. The zero-order valence-electron chi connectivity index (χ0n) is 4.59. The van der Waals surface area contributed by atoms with Crippen LogP contribution in [0.15, 0.2) is 0 Å². The highest BCUT2D eigenvalue weighted by molar-refractivity contribution is 8.05. The zero-order valence-corrected chi connectivity index (χ0v) is 6.25. The Labute approximate surface area is 58.8 Å². The van der Waals surface area contributed by atoms with E-state index in [1.807, 2.05) is 6.92 Å². The Kier molecular flexibility index (Phi) is 14.0. The van der Waals surface area contributed by atoms with Crippen LogP contribution in [-0.2, 0) is 4.79 Å². The predicted octanol–water partition coefficient (Wildman–Crippen LogP) is 1.94. The van der Waals surface area contributed by atoms with Gasteiger partial charge in [0.2, 0.25) is 0 Å². The first-order chi connectivity index (χ1) is 3.77. The monoisotopic (exact) mass is 156 g/mol. The van der Waals surface area contributed by atoms with Gasteiger partial charge < -0.3 is 5.11 Å². The van der Waals surface area contributed by atoms with Crippen molar-refractivity contribution in [1.82, 2.24) is 0 Å². The summed E-state index contributed by atoms with van der Waals surface area (Å²) in [7, 11) is 4.33. The molecule has 0 aliphatic heterocycles. The molecule has 0 heterocycles. The molecular formula is C4H9ClO2S. The van der Waals surface area contributed by atoms with Crippen molar-refractivity contribution < 1.29 is 9.90 Å². The van der Waals surface area contributed by atoms with Crippen LogP contribution in [0.3, 0.4) is 0 Å². The van der Waals surface area contributed by atoms with Crippen LogP contribution < -0.4 is 0 Å². The zero-order chi connectivity index (χ0) is 6.99. The van der Waals surface area contributed by atoms with Gasteiger partial charge in [0.25, 0.3) is 0 Å². The van der Waals surface area contributed by atoms with Crippen LogP contribution in [0.2, 0.25) is 0 Å².